The summed E-state index contributed by atoms with van der Waals surface area (Å²) in [5, 5.41) is 0. The highest BCUT2D eigenvalue weighted by Crippen LogP contribution is 2.29. The molecule has 0 spiro atoms. The number of nitrogens with one attached hydrogen (secondary N) is 1. The molecular formula is C17H20FNO4S. The summed E-state index contributed by atoms with van der Waals surface area (Å²) in [5.41, 5.74) is 0.716. The maximum atomic E-state index is 12.9. The number of halogens is 1. The molecule has 2 rings (SSSR count). The Labute approximate surface area is 141 Å². The molecule has 0 unspecified atom stereocenters. The van der Waals surface area contributed by atoms with Crippen LogP contribution < -0.4 is 14.2 Å². The van der Waals surface area contributed by atoms with Crippen LogP contribution in [0.3, 0.4) is 0 Å². The molecule has 0 fully saturated rings. The second-order valence-electron chi connectivity index (χ2n) is 5.43. The summed E-state index contributed by atoms with van der Waals surface area (Å²) in [5.74, 6) is 0.638. The smallest absolute Gasteiger partial charge is 0.240 e. The number of hydrogen-bond donors (Lipinski definition) is 1. The van der Waals surface area contributed by atoms with E-state index in [2.05, 4.69) is 4.72 Å². The van der Waals surface area contributed by atoms with Crippen molar-refractivity contribution in [2.24, 2.45) is 0 Å². The van der Waals surface area contributed by atoms with E-state index in [4.69, 9.17) is 9.47 Å². The first-order chi connectivity index (χ1) is 11.3. The minimum Gasteiger partial charge on any atom is -0.493 e. The van der Waals surface area contributed by atoms with Crippen LogP contribution in [0.2, 0.25) is 0 Å². The van der Waals surface area contributed by atoms with Crippen LogP contribution in [0.5, 0.6) is 11.5 Å². The van der Waals surface area contributed by atoms with Crippen LogP contribution in [0, 0.1) is 5.82 Å². The van der Waals surface area contributed by atoms with Gasteiger partial charge in [-0.25, -0.2) is 17.5 Å². The second kappa shape index (κ2) is 7.63. The normalized spacial score (nSPS) is 11.5. The zero-order valence-electron chi connectivity index (χ0n) is 13.7. The fourth-order valence-electron chi connectivity index (χ4n) is 2.05. The van der Waals surface area contributed by atoms with Crippen LogP contribution in [-0.2, 0) is 16.6 Å². The minimum atomic E-state index is -3.71. The van der Waals surface area contributed by atoms with E-state index in [0.717, 1.165) is 12.1 Å². The van der Waals surface area contributed by atoms with Crippen molar-refractivity contribution in [1.82, 2.24) is 4.72 Å². The fourth-order valence-corrected chi connectivity index (χ4v) is 3.07. The third kappa shape index (κ3) is 4.69. The Bertz CT molecular complexity index is 789. The highest BCUT2D eigenvalue weighted by atomic mass is 32.2. The van der Waals surface area contributed by atoms with Gasteiger partial charge in [0.1, 0.15) is 5.82 Å². The van der Waals surface area contributed by atoms with Gasteiger partial charge in [0, 0.05) is 6.54 Å². The van der Waals surface area contributed by atoms with Gasteiger partial charge in [-0.1, -0.05) is 6.07 Å². The molecule has 0 radical (unpaired) electrons. The molecule has 0 saturated carbocycles. The molecule has 7 heteroatoms. The maximum absolute atomic E-state index is 12.9. The van der Waals surface area contributed by atoms with Crippen molar-refractivity contribution in [2.75, 3.05) is 7.11 Å². The third-order valence-electron chi connectivity index (χ3n) is 3.18. The Kier molecular flexibility index (Phi) is 5.80. The van der Waals surface area contributed by atoms with E-state index in [1.165, 1.54) is 19.2 Å². The van der Waals surface area contributed by atoms with Crippen molar-refractivity contribution in [3.63, 3.8) is 0 Å². The summed E-state index contributed by atoms with van der Waals surface area (Å²) in [6.07, 6.45) is 0.00160. The second-order valence-corrected chi connectivity index (χ2v) is 7.20. The highest BCUT2D eigenvalue weighted by molar-refractivity contribution is 7.89. The van der Waals surface area contributed by atoms with Gasteiger partial charge in [0.25, 0.3) is 0 Å². The molecule has 2 aromatic carbocycles. The molecule has 0 aromatic heterocycles. The van der Waals surface area contributed by atoms with Crippen molar-refractivity contribution < 1.29 is 22.3 Å². The van der Waals surface area contributed by atoms with Crippen LogP contribution in [0.15, 0.2) is 47.4 Å². The lowest BCUT2D eigenvalue weighted by Crippen LogP contribution is -2.23. The summed E-state index contributed by atoms with van der Waals surface area (Å²) in [6, 6.07) is 9.86. The van der Waals surface area contributed by atoms with Crippen molar-refractivity contribution >= 4 is 10.0 Å². The molecule has 1 N–H and O–H groups in total. The largest absolute Gasteiger partial charge is 0.493 e. The van der Waals surface area contributed by atoms with E-state index in [9.17, 15) is 12.8 Å². The number of methoxy groups -OCH3 is 1. The molecule has 0 aliphatic rings. The average molecular weight is 353 g/mol. The first-order valence-corrected chi connectivity index (χ1v) is 8.89. The Morgan fingerprint density at radius 3 is 2.33 bits per heavy atom. The van der Waals surface area contributed by atoms with E-state index >= 15 is 0 Å². The number of sulfonamides is 1. The van der Waals surface area contributed by atoms with Crippen LogP contribution in [0.1, 0.15) is 19.4 Å². The Balaban J connectivity index is 2.12. The predicted molar refractivity (Wildman–Crippen MR) is 89.2 cm³/mol. The summed E-state index contributed by atoms with van der Waals surface area (Å²) in [6.45, 7) is 3.90. The van der Waals surface area contributed by atoms with Crippen LogP contribution >= 0.6 is 0 Å². The van der Waals surface area contributed by atoms with E-state index in [0.29, 0.717) is 17.1 Å². The van der Waals surface area contributed by atoms with Crippen molar-refractivity contribution in [3.8, 4) is 11.5 Å². The van der Waals surface area contributed by atoms with Gasteiger partial charge in [-0.2, -0.15) is 0 Å². The number of benzene rings is 2. The molecule has 0 bridgehead atoms. The third-order valence-corrected chi connectivity index (χ3v) is 4.60. The first-order valence-electron chi connectivity index (χ1n) is 7.40. The molecule has 0 heterocycles. The van der Waals surface area contributed by atoms with E-state index < -0.39 is 15.8 Å². The molecule has 0 saturated heterocycles. The van der Waals surface area contributed by atoms with Gasteiger partial charge in [-0.3, -0.25) is 0 Å². The molecule has 0 aliphatic carbocycles. The lowest BCUT2D eigenvalue weighted by molar-refractivity contribution is 0.230. The van der Waals surface area contributed by atoms with Gasteiger partial charge in [-0.05, 0) is 55.8 Å². The lowest BCUT2D eigenvalue weighted by atomic mass is 10.2. The minimum absolute atomic E-state index is 0.00160. The molecule has 130 valence electrons. The Morgan fingerprint density at radius 2 is 1.75 bits per heavy atom. The van der Waals surface area contributed by atoms with E-state index in [-0.39, 0.29) is 17.5 Å². The summed E-state index contributed by atoms with van der Waals surface area (Å²) >= 11 is 0. The topological polar surface area (TPSA) is 64.6 Å². The SMILES string of the molecule is COc1cc(CNS(=O)(=O)c2ccc(F)cc2)ccc1OC(C)C. The van der Waals surface area contributed by atoms with Crippen LogP contribution in [-0.4, -0.2) is 21.6 Å². The first kappa shape index (κ1) is 18.2. The number of hydrogen-bond acceptors (Lipinski definition) is 4. The van der Waals surface area contributed by atoms with Gasteiger partial charge < -0.3 is 9.47 Å². The average Bonchev–Trinajstić information content (AvgIpc) is 2.54. The molecule has 0 atom stereocenters. The molecule has 5 nitrogen and oxygen atoms in total. The highest BCUT2D eigenvalue weighted by Gasteiger charge is 2.14. The van der Waals surface area contributed by atoms with Gasteiger partial charge in [0.2, 0.25) is 10.0 Å². The van der Waals surface area contributed by atoms with Crippen molar-refractivity contribution in [3.05, 3.63) is 53.8 Å². The monoisotopic (exact) mass is 353 g/mol. The van der Waals surface area contributed by atoms with Crippen molar-refractivity contribution in [2.45, 2.75) is 31.4 Å². The fraction of sp³-hybridized carbons (Fsp3) is 0.294. The maximum Gasteiger partial charge on any atom is 0.240 e. The van der Waals surface area contributed by atoms with Gasteiger partial charge in [-0.15, -0.1) is 0 Å². The molecule has 2 aromatic rings. The van der Waals surface area contributed by atoms with Crippen LogP contribution in [0.4, 0.5) is 4.39 Å². The molecular weight excluding hydrogens is 333 g/mol. The van der Waals surface area contributed by atoms with Crippen molar-refractivity contribution in [1.29, 1.82) is 0 Å². The van der Waals surface area contributed by atoms with Crippen LogP contribution in [0.25, 0.3) is 0 Å². The van der Waals surface area contributed by atoms with E-state index in [1.54, 1.807) is 18.2 Å². The predicted octanol–water partition coefficient (Wildman–Crippen LogP) is 3.10. The number of ether oxygens (including phenoxy) is 2. The Hall–Kier alpha value is -2.12. The molecule has 0 amide bonds. The lowest BCUT2D eigenvalue weighted by Gasteiger charge is -2.15. The number of rotatable bonds is 7. The van der Waals surface area contributed by atoms with Gasteiger partial charge in [0.15, 0.2) is 11.5 Å². The van der Waals surface area contributed by atoms with E-state index in [1.807, 2.05) is 13.8 Å². The molecule has 0 aliphatic heterocycles. The summed E-state index contributed by atoms with van der Waals surface area (Å²) in [7, 11) is -2.19. The summed E-state index contributed by atoms with van der Waals surface area (Å²) in [4.78, 5) is 0.00984. The zero-order valence-corrected chi connectivity index (χ0v) is 14.6. The quantitative estimate of drug-likeness (QED) is 0.831. The molecule has 24 heavy (non-hydrogen) atoms. The standard InChI is InChI=1S/C17H20FNO4S/c1-12(2)23-16-9-4-13(10-17(16)22-3)11-19-24(20,21)15-7-5-14(18)6-8-15/h4-10,12,19H,11H2,1-3H3. The zero-order chi connectivity index (χ0) is 17.7. The Morgan fingerprint density at radius 1 is 1.08 bits per heavy atom. The van der Waals surface area contributed by atoms with Gasteiger partial charge in [0.05, 0.1) is 18.1 Å². The summed E-state index contributed by atoms with van der Waals surface area (Å²) < 4.78 is 50.7. The van der Waals surface area contributed by atoms with Gasteiger partial charge >= 0.3 is 0 Å².